The van der Waals surface area contributed by atoms with Gasteiger partial charge in [0.05, 0.1) is 12.1 Å². The van der Waals surface area contributed by atoms with Crippen molar-refractivity contribution in [3.8, 4) is 22.6 Å². The Bertz CT molecular complexity index is 1500. The molecule has 3 aromatic heterocycles. The average Bonchev–Trinajstić information content (AvgIpc) is 3.37. The van der Waals surface area contributed by atoms with Crippen LogP contribution in [0.3, 0.4) is 0 Å². The van der Waals surface area contributed by atoms with Gasteiger partial charge in [-0.05, 0) is 47.5 Å². The molecule has 36 heavy (non-hydrogen) atoms. The number of hydrogen-bond acceptors (Lipinski definition) is 7. The van der Waals surface area contributed by atoms with E-state index in [1.807, 2.05) is 18.3 Å². The maximum absolute atomic E-state index is 13.5. The molecule has 4 heterocycles. The molecule has 0 saturated carbocycles. The van der Waals surface area contributed by atoms with E-state index in [1.54, 1.807) is 12.4 Å². The summed E-state index contributed by atoms with van der Waals surface area (Å²) in [7, 11) is 0. The minimum Gasteiger partial charge on any atom is -0.368 e. The number of pyridine rings is 2. The summed E-state index contributed by atoms with van der Waals surface area (Å²) in [4.78, 5) is 17.6. The van der Waals surface area contributed by atoms with Crippen molar-refractivity contribution in [2.75, 3.05) is 31.1 Å². The van der Waals surface area contributed by atoms with Gasteiger partial charge in [-0.1, -0.05) is 17.3 Å². The van der Waals surface area contributed by atoms with E-state index in [0.29, 0.717) is 12.4 Å². The van der Waals surface area contributed by atoms with E-state index < -0.39 is 11.6 Å². The molecule has 1 saturated heterocycles. The number of anilines is 1. The summed E-state index contributed by atoms with van der Waals surface area (Å²) in [6.07, 6.45) is 5.44. The van der Waals surface area contributed by atoms with Gasteiger partial charge in [0.2, 0.25) is 0 Å². The van der Waals surface area contributed by atoms with Crippen LogP contribution in [-0.4, -0.2) is 51.2 Å². The fourth-order valence-electron chi connectivity index (χ4n) is 4.59. The molecule has 9 heteroatoms. The minimum absolute atomic E-state index is 0.108. The van der Waals surface area contributed by atoms with E-state index in [2.05, 4.69) is 54.2 Å². The number of fused-ring (bicyclic) bond motifs is 1. The molecule has 0 aliphatic carbocycles. The zero-order chi connectivity index (χ0) is 24.5. The molecule has 0 unspecified atom stereocenters. The zero-order valence-electron chi connectivity index (χ0n) is 19.3. The molecule has 0 radical (unpaired) electrons. The third kappa shape index (κ3) is 4.52. The fraction of sp³-hybridized carbons (Fsp3) is 0.185. The van der Waals surface area contributed by atoms with Crippen LogP contribution >= 0.6 is 0 Å². The third-order valence-electron chi connectivity index (χ3n) is 6.39. The monoisotopic (exact) mass is 484 g/mol. The lowest BCUT2D eigenvalue weighted by Crippen LogP contribution is -2.46. The van der Waals surface area contributed by atoms with E-state index in [0.717, 1.165) is 60.0 Å². The second-order valence-electron chi connectivity index (χ2n) is 8.73. The molecule has 1 fully saturated rings. The number of piperazine rings is 1. The predicted molar refractivity (Wildman–Crippen MR) is 132 cm³/mol. The number of rotatable bonds is 5. The van der Waals surface area contributed by atoms with Gasteiger partial charge in [0.15, 0.2) is 5.82 Å². The molecule has 180 valence electrons. The van der Waals surface area contributed by atoms with Gasteiger partial charge in [-0.3, -0.25) is 14.9 Å². The molecule has 0 N–H and O–H groups in total. The second-order valence-corrected chi connectivity index (χ2v) is 8.73. The molecule has 5 aromatic rings. The first-order valence-corrected chi connectivity index (χ1v) is 11.7. The first-order chi connectivity index (χ1) is 17.6. The second kappa shape index (κ2) is 9.43. The summed E-state index contributed by atoms with van der Waals surface area (Å²) in [5.41, 5.74) is 4.57. The van der Waals surface area contributed by atoms with Crippen molar-refractivity contribution in [1.82, 2.24) is 25.0 Å². The molecule has 7 nitrogen and oxygen atoms in total. The number of halogens is 2. The Morgan fingerprint density at radius 3 is 2.33 bits per heavy atom. The zero-order valence-corrected chi connectivity index (χ0v) is 19.3. The van der Waals surface area contributed by atoms with Gasteiger partial charge in [0.1, 0.15) is 11.6 Å². The number of nitrogens with zero attached hydrogens (tertiary/aromatic N) is 6. The van der Waals surface area contributed by atoms with Crippen molar-refractivity contribution >= 4 is 16.6 Å². The Hall–Kier alpha value is -4.24. The first-order valence-electron chi connectivity index (χ1n) is 11.7. The summed E-state index contributed by atoms with van der Waals surface area (Å²) in [6.45, 7) is 3.81. The highest BCUT2D eigenvalue weighted by molar-refractivity contribution is 5.94. The van der Waals surface area contributed by atoms with E-state index >= 15 is 0 Å². The highest BCUT2D eigenvalue weighted by atomic mass is 19.1. The van der Waals surface area contributed by atoms with Crippen LogP contribution < -0.4 is 4.90 Å². The van der Waals surface area contributed by atoms with Gasteiger partial charge in [-0.2, -0.15) is 4.98 Å². The summed E-state index contributed by atoms with van der Waals surface area (Å²) >= 11 is 0. The average molecular weight is 485 g/mol. The smallest absolute Gasteiger partial charge is 0.258 e. The van der Waals surface area contributed by atoms with Crippen LogP contribution in [0.4, 0.5) is 14.5 Å². The molecule has 0 bridgehead atoms. The van der Waals surface area contributed by atoms with Crippen LogP contribution in [0.1, 0.15) is 5.82 Å². The molecule has 0 spiro atoms. The van der Waals surface area contributed by atoms with E-state index in [9.17, 15) is 8.78 Å². The number of benzene rings is 2. The number of hydrogen-bond donors (Lipinski definition) is 0. The Kier molecular flexibility index (Phi) is 5.82. The van der Waals surface area contributed by atoms with Crippen molar-refractivity contribution < 1.29 is 13.3 Å². The standard InChI is InChI=1S/C27H22F2N6O/c28-21-13-20(14-22(29)16-21)27-32-26(33-36-27)17-34-9-11-35(12-10-34)25-5-8-31-24-15-19(1-2-23(24)25)18-3-6-30-7-4-18/h1-8,13-16H,9-12,17H2. The normalized spacial score (nSPS) is 14.4. The van der Waals surface area contributed by atoms with Crippen molar-refractivity contribution in [3.05, 3.63) is 90.6 Å². The molecular weight excluding hydrogens is 462 g/mol. The molecule has 0 atom stereocenters. The fourth-order valence-corrected chi connectivity index (χ4v) is 4.59. The lowest BCUT2D eigenvalue weighted by atomic mass is 10.0. The quantitative estimate of drug-likeness (QED) is 0.350. The van der Waals surface area contributed by atoms with E-state index in [1.165, 1.54) is 12.1 Å². The van der Waals surface area contributed by atoms with Gasteiger partial charge in [0, 0.05) is 67.5 Å². The predicted octanol–water partition coefficient (Wildman–Crippen LogP) is 4.95. The highest BCUT2D eigenvalue weighted by Gasteiger charge is 2.21. The molecule has 1 aliphatic heterocycles. The van der Waals surface area contributed by atoms with Gasteiger partial charge in [0.25, 0.3) is 5.89 Å². The van der Waals surface area contributed by atoms with Crippen molar-refractivity contribution in [3.63, 3.8) is 0 Å². The van der Waals surface area contributed by atoms with E-state index in [-0.39, 0.29) is 11.5 Å². The Labute approximate surface area is 206 Å². The summed E-state index contributed by atoms with van der Waals surface area (Å²) in [6, 6.07) is 15.6. The van der Waals surface area contributed by atoms with Crippen LogP contribution in [0, 0.1) is 11.6 Å². The van der Waals surface area contributed by atoms with Gasteiger partial charge in [-0.25, -0.2) is 8.78 Å². The maximum atomic E-state index is 13.5. The van der Waals surface area contributed by atoms with Crippen molar-refractivity contribution in [2.24, 2.45) is 0 Å². The third-order valence-corrected chi connectivity index (χ3v) is 6.39. The highest BCUT2D eigenvalue weighted by Crippen LogP contribution is 2.30. The minimum atomic E-state index is -0.682. The topological polar surface area (TPSA) is 71.2 Å². The van der Waals surface area contributed by atoms with Crippen molar-refractivity contribution in [1.29, 1.82) is 0 Å². The van der Waals surface area contributed by atoms with Crippen LogP contribution in [0.25, 0.3) is 33.5 Å². The van der Waals surface area contributed by atoms with E-state index in [4.69, 9.17) is 4.52 Å². The number of aromatic nitrogens is 4. The van der Waals surface area contributed by atoms with Crippen LogP contribution in [-0.2, 0) is 6.54 Å². The molecule has 0 amide bonds. The van der Waals surface area contributed by atoms with Crippen molar-refractivity contribution in [2.45, 2.75) is 6.54 Å². The maximum Gasteiger partial charge on any atom is 0.258 e. The molecular formula is C27H22F2N6O. The van der Waals surface area contributed by atoms with Crippen LogP contribution in [0.2, 0.25) is 0 Å². The summed E-state index contributed by atoms with van der Waals surface area (Å²) < 4.78 is 32.3. The Morgan fingerprint density at radius 2 is 1.56 bits per heavy atom. The molecule has 2 aromatic carbocycles. The molecule has 6 rings (SSSR count). The Morgan fingerprint density at radius 1 is 0.778 bits per heavy atom. The SMILES string of the molecule is Fc1cc(F)cc(-c2nc(CN3CCN(c4ccnc5cc(-c6ccncc6)ccc45)CC3)no2)c1. The summed E-state index contributed by atoms with van der Waals surface area (Å²) in [5.74, 6) is -0.770. The largest absolute Gasteiger partial charge is 0.368 e. The summed E-state index contributed by atoms with van der Waals surface area (Å²) in [5, 5.41) is 5.12. The van der Waals surface area contributed by atoms with Crippen LogP contribution in [0.15, 0.2) is 77.7 Å². The van der Waals surface area contributed by atoms with Gasteiger partial charge in [-0.15, -0.1) is 0 Å². The lowest BCUT2D eigenvalue weighted by Gasteiger charge is -2.36. The lowest BCUT2D eigenvalue weighted by molar-refractivity contribution is 0.240. The van der Waals surface area contributed by atoms with Crippen LogP contribution in [0.5, 0.6) is 0 Å². The molecule has 1 aliphatic rings. The Balaban J connectivity index is 1.14. The first kappa shape index (κ1) is 22.2. The van der Waals surface area contributed by atoms with Gasteiger partial charge < -0.3 is 9.42 Å². The van der Waals surface area contributed by atoms with Gasteiger partial charge >= 0.3 is 0 Å².